The number of hydrogen-bond acceptors (Lipinski definition) is 1. The summed E-state index contributed by atoms with van der Waals surface area (Å²) in [6.45, 7) is 6.73. The summed E-state index contributed by atoms with van der Waals surface area (Å²) in [5, 5.41) is 11.2. The predicted molar refractivity (Wildman–Crippen MR) is 62.9 cm³/mol. The fourth-order valence-corrected chi connectivity index (χ4v) is 2.03. The van der Waals surface area contributed by atoms with Crippen LogP contribution in [0.25, 0.3) is 10.9 Å². The number of hydrogen-bond donors (Lipinski definition) is 1. The lowest BCUT2D eigenvalue weighted by Crippen LogP contribution is -2.15. The van der Waals surface area contributed by atoms with E-state index in [9.17, 15) is 5.11 Å². The first kappa shape index (κ1) is 10.2. The van der Waals surface area contributed by atoms with E-state index in [-0.39, 0.29) is 0 Å². The Balaban J connectivity index is 2.73. The van der Waals surface area contributed by atoms with E-state index < -0.39 is 5.60 Å². The van der Waals surface area contributed by atoms with Crippen LogP contribution in [0.5, 0.6) is 0 Å². The Morgan fingerprint density at radius 2 is 2.00 bits per heavy atom. The molecule has 2 heteroatoms. The van der Waals surface area contributed by atoms with E-state index in [1.165, 1.54) is 5.52 Å². The van der Waals surface area contributed by atoms with Gasteiger partial charge in [-0.3, -0.25) is 0 Å². The van der Waals surface area contributed by atoms with Crippen LogP contribution in [-0.4, -0.2) is 9.67 Å². The van der Waals surface area contributed by atoms with Crippen molar-refractivity contribution >= 4 is 10.9 Å². The topological polar surface area (TPSA) is 25.2 Å². The zero-order valence-corrected chi connectivity index (χ0v) is 9.49. The van der Waals surface area contributed by atoms with Gasteiger partial charge in [0.05, 0.1) is 5.60 Å². The number of aromatic nitrogens is 1. The molecule has 2 rings (SSSR count). The maximum atomic E-state index is 10.1. The lowest BCUT2D eigenvalue weighted by atomic mass is 9.95. The van der Waals surface area contributed by atoms with Crippen LogP contribution in [-0.2, 0) is 12.1 Å². The molecule has 0 atom stereocenters. The summed E-state index contributed by atoms with van der Waals surface area (Å²) in [4.78, 5) is 0. The lowest BCUT2D eigenvalue weighted by Gasteiger charge is -2.19. The van der Waals surface area contributed by atoms with Gasteiger partial charge in [-0.05, 0) is 38.5 Å². The van der Waals surface area contributed by atoms with Crippen LogP contribution in [0.1, 0.15) is 26.3 Å². The zero-order chi connectivity index (χ0) is 11.1. The average molecular weight is 203 g/mol. The van der Waals surface area contributed by atoms with Crippen LogP contribution in [0, 0.1) is 0 Å². The van der Waals surface area contributed by atoms with Gasteiger partial charge >= 0.3 is 0 Å². The highest BCUT2D eigenvalue weighted by atomic mass is 16.3. The minimum absolute atomic E-state index is 0.778. The fourth-order valence-electron chi connectivity index (χ4n) is 2.03. The van der Waals surface area contributed by atoms with E-state index in [2.05, 4.69) is 29.8 Å². The van der Waals surface area contributed by atoms with Crippen molar-refractivity contribution in [2.45, 2.75) is 32.9 Å². The standard InChI is InChI=1S/C13H17NO/c1-4-14-9-8-10-11(13(2,3)15)6-5-7-12(10)14/h5-9,15H,4H2,1-3H3. The number of benzene rings is 1. The number of nitrogens with zero attached hydrogens (tertiary/aromatic N) is 1. The van der Waals surface area contributed by atoms with Gasteiger partial charge in [-0.15, -0.1) is 0 Å². The van der Waals surface area contributed by atoms with Crippen molar-refractivity contribution in [1.82, 2.24) is 4.57 Å². The van der Waals surface area contributed by atoms with Gasteiger partial charge in [0.25, 0.3) is 0 Å². The molecular weight excluding hydrogens is 186 g/mol. The van der Waals surface area contributed by atoms with Crippen LogP contribution in [0.15, 0.2) is 30.5 Å². The van der Waals surface area contributed by atoms with Crippen LogP contribution in [0.2, 0.25) is 0 Å². The molecular formula is C13H17NO. The van der Waals surface area contributed by atoms with Crippen molar-refractivity contribution in [2.75, 3.05) is 0 Å². The minimum Gasteiger partial charge on any atom is -0.386 e. The molecule has 1 heterocycles. The average Bonchev–Trinajstić information content (AvgIpc) is 2.58. The van der Waals surface area contributed by atoms with Gasteiger partial charge < -0.3 is 9.67 Å². The molecule has 2 aromatic rings. The van der Waals surface area contributed by atoms with Crippen molar-refractivity contribution in [1.29, 1.82) is 0 Å². The SMILES string of the molecule is CCn1ccc2c(C(C)(C)O)cccc21. The molecule has 1 N–H and O–H groups in total. The van der Waals surface area contributed by atoms with Gasteiger partial charge in [0.2, 0.25) is 0 Å². The zero-order valence-electron chi connectivity index (χ0n) is 9.49. The molecule has 1 aromatic heterocycles. The second-order valence-corrected chi connectivity index (χ2v) is 4.40. The summed E-state index contributed by atoms with van der Waals surface area (Å²) in [5.74, 6) is 0. The normalized spacial score (nSPS) is 12.3. The third kappa shape index (κ3) is 1.65. The molecule has 0 amide bonds. The van der Waals surface area contributed by atoms with Crippen molar-refractivity contribution in [2.24, 2.45) is 0 Å². The Kier molecular flexibility index (Phi) is 2.31. The van der Waals surface area contributed by atoms with Crippen molar-refractivity contribution in [3.63, 3.8) is 0 Å². The number of aryl methyl sites for hydroxylation is 1. The Morgan fingerprint density at radius 1 is 1.27 bits per heavy atom. The number of aliphatic hydroxyl groups is 1. The predicted octanol–water partition coefficient (Wildman–Crippen LogP) is 2.89. The van der Waals surface area contributed by atoms with Gasteiger partial charge in [0.1, 0.15) is 0 Å². The summed E-state index contributed by atoms with van der Waals surface area (Å²) in [5.41, 5.74) is 1.41. The Bertz CT molecular complexity index is 477. The van der Waals surface area contributed by atoms with Crippen LogP contribution >= 0.6 is 0 Å². The Morgan fingerprint density at radius 3 is 2.60 bits per heavy atom. The van der Waals surface area contributed by atoms with Crippen molar-refractivity contribution < 1.29 is 5.11 Å². The summed E-state index contributed by atoms with van der Waals surface area (Å²) >= 11 is 0. The first-order valence-electron chi connectivity index (χ1n) is 5.34. The molecule has 1 aromatic carbocycles. The molecule has 0 aliphatic heterocycles. The molecule has 0 unspecified atom stereocenters. The molecule has 0 aliphatic carbocycles. The highest BCUT2D eigenvalue weighted by molar-refractivity contribution is 5.84. The lowest BCUT2D eigenvalue weighted by molar-refractivity contribution is 0.0802. The van der Waals surface area contributed by atoms with E-state index in [0.29, 0.717) is 0 Å². The molecule has 0 saturated carbocycles. The largest absolute Gasteiger partial charge is 0.386 e. The highest BCUT2D eigenvalue weighted by Gasteiger charge is 2.19. The Hall–Kier alpha value is -1.28. The third-order valence-electron chi connectivity index (χ3n) is 2.81. The van der Waals surface area contributed by atoms with E-state index in [4.69, 9.17) is 0 Å². The van der Waals surface area contributed by atoms with E-state index >= 15 is 0 Å². The maximum Gasteiger partial charge on any atom is 0.0847 e. The molecule has 0 aliphatic rings. The summed E-state index contributed by atoms with van der Waals surface area (Å²) < 4.78 is 2.19. The molecule has 0 bridgehead atoms. The van der Waals surface area contributed by atoms with E-state index in [1.54, 1.807) is 0 Å². The second-order valence-electron chi connectivity index (χ2n) is 4.40. The van der Waals surface area contributed by atoms with Crippen LogP contribution in [0.4, 0.5) is 0 Å². The minimum atomic E-state index is -0.778. The maximum absolute atomic E-state index is 10.1. The molecule has 0 saturated heterocycles. The molecule has 0 spiro atoms. The van der Waals surface area contributed by atoms with Crippen molar-refractivity contribution in [3.05, 3.63) is 36.0 Å². The number of rotatable bonds is 2. The van der Waals surface area contributed by atoms with Crippen molar-refractivity contribution in [3.8, 4) is 0 Å². The van der Waals surface area contributed by atoms with Crippen LogP contribution < -0.4 is 0 Å². The molecule has 80 valence electrons. The molecule has 0 fully saturated rings. The van der Waals surface area contributed by atoms with Gasteiger partial charge in [-0.1, -0.05) is 12.1 Å². The quantitative estimate of drug-likeness (QED) is 0.797. The third-order valence-corrected chi connectivity index (χ3v) is 2.81. The summed E-state index contributed by atoms with van der Waals surface area (Å²) in [7, 11) is 0. The first-order valence-corrected chi connectivity index (χ1v) is 5.34. The van der Waals surface area contributed by atoms with Gasteiger partial charge in [0, 0.05) is 23.6 Å². The molecule has 0 radical (unpaired) electrons. The summed E-state index contributed by atoms with van der Waals surface area (Å²) in [6, 6.07) is 8.16. The van der Waals surface area contributed by atoms with E-state index in [1.807, 2.05) is 26.0 Å². The highest BCUT2D eigenvalue weighted by Crippen LogP contribution is 2.28. The summed E-state index contributed by atoms with van der Waals surface area (Å²) in [6.07, 6.45) is 2.07. The fraction of sp³-hybridized carbons (Fsp3) is 0.385. The number of fused-ring (bicyclic) bond motifs is 1. The van der Waals surface area contributed by atoms with Gasteiger partial charge in [-0.2, -0.15) is 0 Å². The monoisotopic (exact) mass is 203 g/mol. The smallest absolute Gasteiger partial charge is 0.0847 e. The molecule has 2 nitrogen and oxygen atoms in total. The van der Waals surface area contributed by atoms with Crippen LogP contribution in [0.3, 0.4) is 0 Å². The second kappa shape index (κ2) is 3.38. The van der Waals surface area contributed by atoms with E-state index in [0.717, 1.165) is 17.5 Å². The van der Waals surface area contributed by atoms with Gasteiger partial charge in [0.15, 0.2) is 0 Å². The van der Waals surface area contributed by atoms with Gasteiger partial charge in [-0.25, -0.2) is 0 Å². The molecule has 15 heavy (non-hydrogen) atoms. The Labute approximate surface area is 90.2 Å². The first-order chi connectivity index (χ1) is 7.04.